The summed E-state index contributed by atoms with van der Waals surface area (Å²) in [4.78, 5) is 18.7. The molecule has 142 valence electrons. The Balaban J connectivity index is 0.00000225. The Kier molecular flexibility index (Phi) is 6.51. The van der Waals surface area contributed by atoms with Gasteiger partial charge in [0, 0.05) is 45.3 Å². The van der Waals surface area contributed by atoms with Crippen LogP contribution >= 0.6 is 12.4 Å². The first-order valence-corrected chi connectivity index (χ1v) is 10.5. The van der Waals surface area contributed by atoms with Crippen LogP contribution in [0.5, 0.6) is 0 Å². The summed E-state index contributed by atoms with van der Waals surface area (Å²) < 4.78 is 27.7. The molecule has 25 heavy (non-hydrogen) atoms. The van der Waals surface area contributed by atoms with Crippen LogP contribution in [0.1, 0.15) is 30.8 Å². The van der Waals surface area contributed by atoms with Crippen molar-refractivity contribution in [3.05, 3.63) is 17.8 Å². The maximum absolute atomic E-state index is 12.1. The standard InChI is InChI=1S/C16H25N3O4S.ClH/c1-11-17-13(10-23-11)7-19-8-14(12-3-4-12)15(9-19)18-16(20)5-6-24(2,21)22;/h10,12,14-15H,3-9H2,1-2H3,(H,18,20);1H/t14-,15+;/m1./s1. The van der Waals surface area contributed by atoms with E-state index in [1.54, 1.807) is 6.26 Å². The third-order valence-corrected chi connectivity index (χ3v) is 5.71. The Hall–Kier alpha value is -1.12. The molecule has 2 aliphatic rings. The molecule has 1 aromatic heterocycles. The van der Waals surface area contributed by atoms with Crippen molar-refractivity contribution in [1.82, 2.24) is 15.2 Å². The van der Waals surface area contributed by atoms with Crippen molar-refractivity contribution >= 4 is 28.2 Å². The van der Waals surface area contributed by atoms with E-state index in [1.165, 1.54) is 12.8 Å². The molecule has 1 N–H and O–H groups in total. The number of rotatable bonds is 7. The van der Waals surface area contributed by atoms with Gasteiger partial charge in [-0.05, 0) is 24.7 Å². The first kappa shape index (κ1) is 20.2. The second-order valence-corrected chi connectivity index (χ2v) is 9.37. The minimum absolute atomic E-state index is 0. The first-order chi connectivity index (χ1) is 11.3. The molecule has 1 amide bonds. The number of oxazole rings is 1. The first-order valence-electron chi connectivity index (χ1n) is 8.40. The summed E-state index contributed by atoms with van der Waals surface area (Å²) in [5.41, 5.74) is 0.908. The van der Waals surface area contributed by atoms with E-state index in [9.17, 15) is 13.2 Å². The Morgan fingerprint density at radius 3 is 2.68 bits per heavy atom. The molecule has 0 spiro atoms. The molecular formula is C16H26ClN3O4S. The molecule has 1 saturated carbocycles. The van der Waals surface area contributed by atoms with Crippen molar-refractivity contribution in [1.29, 1.82) is 0 Å². The molecule has 7 nitrogen and oxygen atoms in total. The number of aromatic nitrogens is 1. The molecule has 9 heteroatoms. The molecule has 0 unspecified atom stereocenters. The van der Waals surface area contributed by atoms with Gasteiger partial charge in [-0.3, -0.25) is 9.69 Å². The van der Waals surface area contributed by atoms with Crippen LogP contribution in [-0.2, 0) is 21.2 Å². The molecule has 3 rings (SSSR count). The van der Waals surface area contributed by atoms with Crippen LogP contribution < -0.4 is 5.32 Å². The van der Waals surface area contributed by atoms with E-state index >= 15 is 0 Å². The van der Waals surface area contributed by atoms with Crippen LogP contribution in [0.3, 0.4) is 0 Å². The Morgan fingerprint density at radius 1 is 1.40 bits per heavy atom. The number of amides is 1. The van der Waals surface area contributed by atoms with Gasteiger partial charge in [-0.25, -0.2) is 13.4 Å². The number of halogens is 1. The second kappa shape index (κ2) is 8.05. The van der Waals surface area contributed by atoms with E-state index in [1.807, 2.05) is 6.92 Å². The molecular weight excluding hydrogens is 366 g/mol. The van der Waals surface area contributed by atoms with E-state index in [-0.39, 0.29) is 36.5 Å². The van der Waals surface area contributed by atoms with E-state index in [4.69, 9.17) is 4.42 Å². The minimum Gasteiger partial charge on any atom is -0.449 e. The molecule has 1 saturated heterocycles. The summed E-state index contributed by atoms with van der Waals surface area (Å²) in [7, 11) is -3.11. The number of sulfone groups is 1. The Bertz CT molecular complexity index is 702. The zero-order chi connectivity index (χ0) is 17.3. The Labute approximate surface area is 154 Å². The van der Waals surface area contributed by atoms with Crippen LogP contribution in [0.4, 0.5) is 0 Å². The van der Waals surface area contributed by atoms with Gasteiger partial charge in [0.2, 0.25) is 5.91 Å². The number of nitrogens with zero attached hydrogens (tertiary/aromatic N) is 2. The average molecular weight is 392 g/mol. The van der Waals surface area contributed by atoms with Gasteiger partial charge < -0.3 is 9.73 Å². The van der Waals surface area contributed by atoms with E-state index in [0.717, 1.165) is 31.6 Å². The van der Waals surface area contributed by atoms with Gasteiger partial charge in [0.15, 0.2) is 5.89 Å². The molecule has 1 aliphatic carbocycles. The van der Waals surface area contributed by atoms with Gasteiger partial charge in [-0.15, -0.1) is 12.4 Å². The summed E-state index contributed by atoms with van der Waals surface area (Å²) >= 11 is 0. The lowest BCUT2D eigenvalue weighted by Gasteiger charge is -2.19. The van der Waals surface area contributed by atoms with Crippen LogP contribution in [0, 0.1) is 18.8 Å². The van der Waals surface area contributed by atoms with E-state index in [2.05, 4.69) is 15.2 Å². The lowest BCUT2D eigenvalue weighted by atomic mass is 9.98. The summed E-state index contributed by atoms with van der Waals surface area (Å²) in [5.74, 6) is 1.51. The monoisotopic (exact) mass is 391 g/mol. The number of nitrogens with one attached hydrogen (secondary N) is 1. The highest BCUT2D eigenvalue weighted by Crippen LogP contribution is 2.41. The molecule has 1 aromatic rings. The van der Waals surface area contributed by atoms with Crippen LogP contribution in [-0.4, -0.2) is 55.3 Å². The maximum atomic E-state index is 12.1. The Morgan fingerprint density at radius 2 is 2.12 bits per heavy atom. The molecule has 0 bridgehead atoms. The normalized spacial score (nSPS) is 24.1. The molecule has 1 aliphatic heterocycles. The highest BCUT2D eigenvalue weighted by atomic mass is 35.5. The van der Waals surface area contributed by atoms with Gasteiger partial charge in [0.1, 0.15) is 16.1 Å². The summed E-state index contributed by atoms with van der Waals surface area (Å²) in [6.07, 6.45) is 5.31. The van der Waals surface area contributed by atoms with Crippen LogP contribution in [0.2, 0.25) is 0 Å². The minimum atomic E-state index is -3.11. The van der Waals surface area contributed by atoms with Crippen molar-refractivity contribution in [2.24, 2.45) is 11.8 Å². The number of likely N-dealkylation sites (tertiary alicyclic amines) is 1. The second-order valence-electron chi connectivity index (χ2n) is 7.11. The fraction of sp³-hybridized carbons (Fsp3) is 0.750. The van der Waals surface area contributed by atoms with Gasteiger partial charge in [-0.2, -0.15) is 0 Å². The molecule has 2 fully saturated rings. The van der Waals surface area contributed by atoms with Gasteiger partial charge in [-0.1, -0.05) is 0 Å². The summed E-state index contributed by atoms with van der Waals surface area (Å²) in [5, 5.41) is 3.05. The SMILES string of the molecule is Cc1nc(CN2C[C@H](NC(=O)CCS(C)(=O)=O)[C@@H](C3CC3)C2)co1.Cl. The number of aryl methyl sites for hydroxylation is 1. The van der Waals surface area contributed by atoms with Crippen molar-refractivity contribution < 1.29 is 17.6 Å². The van der Waals surface area contributed by atoms with Gasteiger partial charge in [0.05, 0.1) is 11.4 Å². The fourth-order valence-electron chi connectivity index (χ4n) is 3.46. The lowest BCUT2D eigenvalue weighted by Crippen LogP contribution is -2.41. The fourth-order valence-corrected chi connectivity index (χ4v) is 4.02. The smallest absolute Gasteiger partial charge is 0.221 e. The van der Waals surface area contributed by atoms with Gasteiger partial charge >= 0.3 is 0 Å². The highest BCUT2D eigenvalue weighted by molar-refractivity contribution is 7.90. The lowest BCUT2D eigenvalue weighted by molar-refractivity contribution is -0.121. The molecule has 0 radical (unpaired) electrons. The molecule has 0 aromatic carbocycles. The van der Waals surface area contributed by atoms with Crippen molar-refractivity contribution in [3.8, 4) is 0 Å². The van der Waals surface area contributed by atoms with Crippen molar-refractivity contribution in [3.63, 3.8) is 0 Å². The number of carbonyl (C=O) groups excluding carboxylic acids is 1. The topological polar surface area (TPSA) is 92.5 Å². The highest BCUT2D eigenvalue weighted by Gasteiger charge is 2.43. The number of carbonyl (C=O) groups is 1. The van der Waals surface area contributed by atoms with E-state index < -0.39 is 9.84 Å². The molecule has 2 heterocycles. The van der Waals surface area contributed by atoms with E-state index in [0.29, 0.717) is 17.7 Å². The maximum Gasteiger partial charge on any atom is 0.221 e. The third kappa shape index (κ3) is 5.97. The number of hydrogen-bond donors (Lipinski definition) is 1. The summed E-state index contributed by atoms with van der Waals surface area (Å²) in [6.45, 7) is 4.26. The van der Waals surface area contributed by atoms with Crippen LogP contribution in [0.15, 0.2) is 10.7 Å². The van der Waals surface area contributed by atoms with Crippen LogP contribution in [0.25, 0.3) is 0 Å². The predicted molar refractivity (Wildman–Crippen MR) is 96.2 cm³/mol. The average Bonchev–Trinajstić information content (AvgIpc) is 3.14. The third-order valence-electron chi connectivity index (χ3n) is 4.77. The quantitative estimate of drug-likeness (QED) is 0.749. The van der Waals surface area contributed by atoms with Crippen molar-refractivity contribution in [2.75, 3.05) is 25.1 Å². The largest absolute Gasteiger partial charge is 0.449 e. The van der Waals surface area contributed by atoms with Crippen molar-refractivity contribution in [2.45, 2.75) is 38.8 Å². The zero-order valence-corrected chi connectivity index (χ0v) is 16.2. The molecule has 2 atom stereocenters. The summed E-state index contributed by atoms with van der Waals surface area (Å²) in [6, 6.07) is 0.0950. The van der Waals surface area contributed by atoms with Gasteiger partial charge in [0.25, 0.3) is 0 Å². The number of hydrogen-bond acceptors (Lipinski definition) is 6. The zero-order valence-electron chi connectivity index (χ0n) is 14.6. The predicted octanol–water partition coefficient (Wildman–Crippen LogP) is 1.17.